The van der Waals surface area contributed by atoms with E-state index in [1.807, 2.05) is 0 Å². The Morgan fingerprint density at radius 1 is 1.42 bits per heavy atom. The largest absolute Gasteiger partial charge is 0.480 e. The van der Waals surface area contributed by atoms with Crippen LogP contribution < -0.4 is 10.6 Å². The van der Waals surface area contributed by atoms with E-state index >= 15 is 0 Å². The number of halogens is 2. The lowest BCUT2D eigenvalue weighted by Gasteiger charge is -2.09. The van der Waals surface area contributed by atoms with Crippen LogP contribution in [0.1, 0.15) is 0 Å². The van der Waals surface area contributed by atoms with Crippen molar-refractivity contribution < 1.29 is 23.8 Å². The monoisotopic (exact) mass is 334 g/mol. The lowest BCUT2D eigenvalue weighted by atomic mass is 10.3. The normalized spacial score (nSPS) is 10.0. The number of urea groups is 1. The van der Waals surface area contributed by atoms with Gasteiger partial charge >= 0.3 is 12.0 Å². The predicted molar refractivity (Wildman–Crippen MR) is 69.6 cm³/mol. The molecule has 0 unspecified atom stereocenters. The number of aliphatic carboxylic acids is 1. The Bertz CT molecular complexity index is 450. The summed E-state index contributed by atoms with van der Waals surface area (Å²) in [4.78, 5) is 21.6. The molecule has 0 heterocycles. The molecule has 19 heavy (non-hydrogen) atoms. The number of ether oxygens (including phenoxy) is 1. The van der Waals surface area contributed by atoms with Crippen molar-refractivity contribution in [3.63, 3.8) is 0 Å². The summed E-state index contributed by atoms with van der Waals surface area (Å²) in [5.41, 5.74) is 0.0338. The molecule has 0 aliphatic rings. The highest BCUT2D eigenvalue weighted by atomic mass is 79.9. The summed E-state index contributed by atoms with van der Waals surface area (Å²) >= 11 is 3.11. The van der Waals surface area contributed by atoms with Crippen LogP contribution in [0.4, 0.5) is 14.9 Å². The van der Waals surface area contributed by atoms with Crippen molar-refractivity contribution >= 4 is 33.6 Å². The molecule has 6 nitrogen and oxygen atoms in total. The molecular weight excluding hydrogens is 323 g/mol. The number of rotatable bonds is 6. The van der Waals surface area contributed by atoms with E-state index in [-0.39, 0.29) is 18.8 Å². The SMILES string of the molecule is O=C(O)COCCNC(=O)Nc1c(F)cccc1Br. The van der Waals surface area contributed by atoms with Gasteiger partial charge in [-0.05, 0) is 28.1 Å². The summed E-state index contributed by atoms with van der Waals surface area (Å²) in [5.74, 6) is -1.65. The first-order valence-corrected chi connectivity index (χ1v) is 6.08. The third-order valence-corrected chi connectivity index (χ3v) is 2.62. The van der Waals surface area contributed by atoms with Gasteiger partial charge in [-0.2, -0.15) is 0 Å². The molecule has 1 rings (SSSR count). The van der Waals surface area contributed by atoms with Crippen LogP contribution in [0.15, 0.2) is 22.7 Å². The molecule has 2 amide bonds. The van der Waals surface area contributed by atoms with E-state index in [0.717, 1.165) is 0 Å². The zero-order chi connectivity index (χ0) is 14.3. The Morgan fingerprint density at radius 2 is 2.16 bits per heavy atom. The number of nitrogens with one attached hydrogen (secondary N) is 2. The number of anilines is 1. The first kappa shape index (κ1) is 15.4. The minimum absolute atomic E-state index is 0.0338. The second-order valence-electron chi connectivity index (χ2n) is 3.42. The molecule has 0 saturated heterocycles. The lowest BCUT2D eigenvalue weighted by molar-refractivity contribution is -0.142. The number of hydrogen-bond acceptors (Lipinski definition) is 3. The second kappa shape index (κ2) is 7.70. The van der Waals surface area contributed by atoms with Crippen LogP contribution >= 0.6 is 15.9 Å². The Balaban J connectivity index is 2.33. The molecule has 0 atom stereocenters. The van der Waals surface area contributed by atoms with E-state index in [9.17, 15) is 14.0 Å². The van der Waals surface area contributed by atoms with Gasteiger partial charge in [-0.25, -0.2) is 14.0 Å². The van der Waals surface area contributed by atoms with Gasteiger partial charge in [0.05, 0.1) is 12.3 Å². The third-order valence-electron chi connectivity index (χ3n) is 1.96. The standard InChI is InChI=1S/C11H12BrFN2O4/c12-7-2-1-3-8(13)10(7)15-11(18)14-4-5-19-6-9(16)17/h1-3H,4-6H2,(H,16,17)(H2,14,15,18). The van der Waals surface area contributed by atoms with Gasteiger partial charge in [0.1, 0.15) is 12.4 Å². The quantitative estimate of drug-likeness (QED) is 0.692. The molecular formula is C11H12BrFN2O4. The Morgan fingerprint density at radius 3 is 2.79 bits per heavy atom. The number of hydrogen-bond donors (Lipinski definition) is 3. The number of benzene rings is 1. The maximum Gasteiger partial charge on any atom is 0.329 e. The van der Waals surface area contributed by atoms with Gasteiger partial charge in [0.15, 0.2) is 0 Å². The lowest BCUT2D eigenvalue weighted by Crippen LogP contribution is -2.32. The maximum absolute atomic E-state index is 13.4. The fraction of sp³-hybridized carbons (Fsp3) is 0.273. The Hall–Kier alpha value is -1.67. The molecule has 0 aromatic heterocycles. The topological polar surface area (TPSA) is 87.7 Å². The van der Waals surface area contributed by atoms with Crippen LogP contribution in [0.3, 0.4) is 0 Å². The maximum atomic E-state index is 13.4. The van der Waals surface area contributed by atoms with Crippen molar-refractivity contribution in [1.82, 2.24) is 5.32 Å². The van der Waals surface area contributed by atoms with Crippen LogP contribution in [-0.4, -0.2) is 36.9 Å². The number of carboxylic acids is 1. The van der Waals surface area contributed by atoms with Crippen molar-refractivity contribution in [3.05, 3.63) is 28.5 Å². The van der Waals surface area contributed by atoms with Gasteiger partial charge in [0, 0.05) is 11.0 Å². The first-order chi connectivity index (χ1) is 9.00. The number of amides is 2. The van der Waals surface area contributed by atoms with E-state index in [4.69, 9.17) is 9.84 Å². The summed E-state index contributed by atoms with van der Waals surface area (Å²) in [6.45, 7) is -0.258. The summed E-state index contributed by atoms with van der Waals surface area (Å²) in [5, 5.41) is 13.0. The van der Waals surface area contributed by atoms with Crippen LogP contribution in [0.5, 0.6) is 0 Å². The van der Waals surface area contributed by atoms with Gasteiger partial charge in [-0.15, -0.1) is 0 Å². The Labute approximate surface area is 117 Å². The number of para-hydroxylation sites is 1. The van der Waals surface area contributed by atoms with Crippen molar-refractivity contribution in [2.24, 2.45) is 0 Å². The highest BCUT2D eigenvalue weighted by Crippen LogP contribution is 2.24. The second-order valence-corrected chi connectivity index (χ2v) is 4.28. The molecule has 8 heteroatoms. The number of carbonyl (C=O) groups is 2. The molecule has 3 N–H and O–H groups in total. The fourth-order valence-electron chi connectivity index (χ4n) is 1.17. The van der Waals surface area contributed by atoms with Crippen LogP contribution in [-0.2, 0) is 9.53 Å². The highest BCUT2D eigenvalue weighted by molar-refractivity contribution is 9.10. The van der Waals surface area contributed by atoms with Crippen LogP contribution in [0.2, 0.25) is 0 Å². The van der Waals surface area contributed by atoms with Crippen molar-refractivity contribution in [2.75, 3.05) is 25.1 Å². The van der Waals surface area contributed by atoms with Gasteiger partial charge in [0.2, 0.25) is 0 Å². The highest BCUT2D eigenvalue weighted by Gasteiger charge is 2.09. The molecule has 0 bridgehead atoms. The zero-order valence-corrected chi connectivity index (χ0v) is 11.4. The molecule has 0 fully saturated rings. The molecule has 1 aromatic carbocycles. The summed E-state index contributed by atoms with van der Waals surface area (Å²) in [6.07, 6.45) is 0. The van der Waals surface area contributed by atoms with Gasteiger partial charge < -0.3 is 20.5 Å². The smallest absolute Gasteiger partial charge is 0.329 e. The zero-order valence-electron chi connectivity index (χ0n) is 9.78. The predicted octanol–water partition coefficient (Wildman–Crippen LogP) is 1.81. The fourth-order valence-corrected chi connectivity index (χ4v) is 1.61. The summed E-state index contributed by atoms with van der Waals surface area (Å²) < 4.78 is 18.5. The van der Waals surface area contributed by atoms with Crippen LogP contribution in [0.25, 0.3) is 0 Å². The van der Waals surface area contributed by atoms with Crippen molar-refractivity contribution in [1.29, 1.82) is 0 Å². The molecule has 1 aromatic rings. The average Bonchev–Trinajstić information content (AvgIpc) is 2.33. The minimum atomic E-state index is -1.08. The molecule has 0 aliphatic carbocycles. The van der Waals surface area contributed by atoms with Crippen molar-refractivity contribution in [2.45, 2.75) is 0 Å². The molecule has 0 aliphatic heterocycles. The van der Waals surface area contributed by atoms with E-state index in [1.165, 1.54) is 12.1 Å². The minimum Gasteiger partial charge on any atom is -0.480 e. The van der Waals surface area contributed by atoms with E-state index in [0.29, 0.717) is 4.47 Å². The molecule has 104 valence electrons. The van der Waals surface area contributed by atoms with Gasteiger partial charge in [-0.3, -0.25) is 0 Å². The molecule has 0 saturated carbocycles. The van der Waals surface area contributed by atoms with Crippen LogP contribution in [0, 0.1) is 5.82 Å². The van der Waals surface area contributed by atoms with Crippen molar-refractivity contribution in [3.8, 4) is 0 Å². The molecule has 0 radical (unpaired) electrons. The van der Waals surface area contributed by atoms with E-state index < -0.39 is 24.4 Å². The average molecular weight is 335 g/mol. The number of carboxylic acid groups (broad SMARTS) is 1. The Kier molecular flexibility index (Phi) is 6.23. The molecule has 0 spiro atoms. The van der Waals surface area contributed by atoms with E-state index in [2.05, 4.69) is 26.6 Å². The van der Waals surface area contributed by atoms with Gasteiger partial charge in [0.25, 0.3) is 0 Å². The first-order valence-electron chi connectivity index (χ1n) is 5.29. The van der Waals surface area contributed by atoms with E-state index in [1.54, 1.807) is 6.07 Å². The third kappa shape index (κ3) is 5.66. The number of carbonyl (C=O) groups excluding carboxylic acids is 1. The summed E-state index contributed by atoms with van der Waals surface area (Å²) in [6, 6.07) is 3.71. The van der Waals surface area contributed by atoms with Gasteiger partial charge in [-0.1, -0.05) is 6.07 Å². The summed E-state index contributed by atoms with van der Waals surface area (Å²) in [7, 11) is 0.